The zero-order chi connectivity index (χ0) is 15.8. The molecule has 0 radical (unpaired) electrons. The van der Waals surface area contributed by atoms with Crippen LogP contribution in [0.2, 0.25) is 0 Å². The molecular weight excluding hydrogens is 288 g/mol. The Morgan fingerprint density at radius 3 is 2.55 bits per heavy atom. The maximum Gasteiger partial charge on any atom is 0.168 e. The molecule has 0 aliphatic carbocycles. The lowest BCUT2D eigenvalue weighted by Gasteiger charge is -2.20. The van der Waals surface area contributed by atoms with Crippen LogP contribution in [0.15, 0.2) is 48.5 Å². The highest BCUT2D eigenvalue weighted by Crippen LogP contribution is 2.25. The van der Waals surface area contributed by atoms with Crippen LogP contribution >= 0.6 is 0 Å². The fourth-order valence-corrected chi connectivity index (χ4v) is 1.95. The number of halogens is 2. The Labute approximate surface area is 128 Å². The molecule has 2 rings (SSSR count). The summed E-state index contributed by atoms with van der Waals surface area (Å²) in [6.45, 7) is 1.52. The smallest absolute Gasteiger partial charge is 0.168 e. The van der Waals surface area contributed by atoms with Gasteiger partial charge in [0.15, 0.2) is 11.6 Å². The minimum Gasteiger partial charge on any atom is -0.480 e. The van der Waals surface area contributed by atoms with Gasteiger partial charge in [0.1, 0.15) is 11.9 Å². The molecule has 3 nitrogen and oxygen atoms in total. The maximum atomic E-state index is 13.8. The molecule has 0 aliphatic heterocycles. The van der Waals surface area contributed by atoms with E-state index in [0.717, 1.165) is 11.6 Å². The van der Waals surface area contributed by atoms with Crippen molar-refractivity contribution in [3.63, 3.8) is 0 Å². The monoisotopic (exact) mass is 307 g/mol. The van der Waals surface area contributed by atoms with Gasteiger partial charge in [-0.25, -0.2) is 8.78 Å². The van der Waals surface area contributed by atoms with Crippen LogP contribution in [0.25, 0.3) is 0 Å². The summed E-state index contributed by atoms with van der Waals surface area (Å²) >= 11 is 0. The van der Waals surface area contributed by atoms with Crippen molar-refractivity contribution in [3.8, 4) is 5.75 Å². The number of nitrogens with one attached hydrogen (secondary N) is 1. The predicted octanol–water partition coefficient (Wildman–Crippen LogP) is 3.32. The van der Waals surface area contributed by atoms with E-state index in [9.17, 15) is 8.78 Å². The molecule has 5 heteroatoms. The third-order valence-corrected chi connectivity index (χ3v) is 3.10. The van der Waals surface area contributed by atoms with Gasteiger partial charge in [-0.2, -0.15) is 0 Å². The summed E-state index contributed by atoms with van der Waals surface area (Å²) in [6.07, 6.45) is -0.460. The van der Waals surface area contributed by atoms with Gasteiger partial charge in [-0.1, -0.05) is 30.3 Å². The molecule has 1 unspecified atom stereocenters. The van der Waals surface area contributed by atoms with Crippen LogP contribution in [0.3, 0.4) is 0 Å². The molecule has 0 fully saturated rings. The van der Waals surface area contributed by atoms with E-state index in [1.165, 1.54) is 12.1 Å². The summed E-state index contributed by atoms with van der Waals surface area (Å²) in [7, 11) is 1.84. The molecule has 1 N–H and O–H groups in total. The highest BCUT2D eigenvalue weighted by Gasteiger charge is 2.16. The molecule has 0 aliphatic rings. The Balaban J connectivity index is 2.10. The summed E-state index contributed by atoms with van der Waals surface area (Å²) in [5.41, 5.74) is 0.871. The molecule has 22 heavy (non-hydrogen) atoms. The summed E-state index contributed by atoms with van der Waals surface area (Å²) < 4.78 is 37.9. The Morgan fingerprint density at radius 2 is 1.86 bits per heavy atom. The summed E-state index contributed by atoms with van der Waals surface area (Å²) in [6, 6.07) is 12.7. The van der Waals surface area contributed by atoms with Gasteiger partial charge in [0.25, 0.3) is 0 Å². The Bertz CT molecular complexity index is 578. The predicted molar refractivity (Wildman–Crippen MR) is 80.9 cm³/mol. The first-order valence-corrected chi connectivity index (χ1v) is 7.09. The van der Waals surface area contributed by atoms with E-state index in [-0.39, 0.29) is 12.4 Å². The van der Waals surface area contributed by atoms with Gasteiger partial charge in [0.05, 0.1) is 13.2 Å². The minimum absolute atomic E-state index is 0.00692. The van der Waals surface area contributed by atoms with Crippen molar-refractivity contribution in [1.82, 2.24) is 5.32 Å². The molecule has 118 valence electrons. The van der Waals surface area contributed by atoms with Crippen LogP contribution in [0.4, 0.5) is 8.78 Å². The molecule has 1 atom stereocenters. The van der Waals surface area contributed by atoms with Crippen LogP contribution in [0, 0.1) is 11.6 Å². The normalized spacial score (nSPS) is 12.1. The van der Waals surface area contributed by atoms with E-state index in [0.29, 0.717) is 13.2 Å². The average molecular weight is 307 g/mol. The van der Waals surface area contributed by atoms with Gasteiger partial charge in [-0.15, -0.1) is 0 Å². The van der Waals surface area contributed by atoms with Gasteiger partial charge < -0.3 is 14.8 Å². The number of rotatable bonds is 8. The van der Waals surface area contributed by atoms with Gasteiger partial charge in [0, 0.05) is 12.6 Å². The zero-order valence-corrected chi connectivity index (χ0v) is 12.4. The van der Waals surface area contributed by atoms with Crippen LogP contribution in [-0.4, -0.2) is 26.8 Å². The third-order valence-electron chi connectivity index (χ3n) is 3.10. The van der Waals surface area contributed by atoms with E-state index < -0.39 is 17.7 Å². The van der Waals surface area contributed by atoms with Crippen LogP contribution < -0.4 is 10.1 Å². The largest absolute Gasteiger partial charge is 0.480 e. The van der Waals surface area contributed by atoms with Crippen LogP contribution in [0.5, 0.6) is 5.75 Å². The highest BCUT2D eigenvalue weighted by atomic mass is 19.1. The first kappa shape index (κ1) is 16.4. The Hall–Kier alpha value is -1.98. The van der Waals surface area contributed by atoms with Crippen LogP contribution in [-0.2, 0) is 4.74 Å². The lowest BCUT2D eigenvalue weighted by atomic mass is 10.1. The number of benzene rings is 2. The molecule has 0 heterocycles. The summed E-state index contributed by atoms with van der Waals surface area (Å²) in [4.78, 5) is 0. The SMILES string of the molecule is CNCCOCC(Oc1ccc(F)cc1F)c1ccccc1. The van der Waals surface area contributed by atoms with Gasteiger partial charge in [0.2, 0.25) is 0 Å². The highest BCUT2D eigenvalue weighted by molar-refractivity contribution is 5.27. The van der Waals surface area contributed by atoms with E-state index in [1.807, 2.05) is 37.4 Å². The number of hydrogen-bond acceptors (Lipinski definition) is 3. The fraction of sp³-hybridized carbons (Fsp3) is 0.294. The van der Waals surface area contributed by atoms with E-state index in [4.69, 9.17) is 9.47 Å². The minimum atomic E-state index is -0.726. The maximum absolute atomic E-state index is 13.8. The van der Waals surface area contributed by atoms with E-state index in [2.05, 4.69) is 5.32 Å². The standard InChI is InChI=1S/C17H19F2NO2/c1-20-9-10-21-12-17(13-5-3-2-4-6-13)22-16-8-7-14(18)11-15(16)19/h2-8,11,17,20H,9-10,12H2,1H3. The van der Waals surface area contributed by atoms with E-state index in [1.54, 1.807) is 0 Å². The summed E-state index contributed by atoms with van der Waals surface area (Å²) in [5, 5.41) is 2.98. The Morgan fingerprint density at radius 1 is 1.09 bits per heavy atom. The van der Waals surface area contributed by atoms with Gasteiger partial charge >= 0.3 is 0 Å². The second-order valence-corrected chi connectivity index (χ2v) is 4.77. The lowest BCUT2D eigenvalue weighted by Crippen LogP contribution is -2.20. The van der Waals surface area contributed by atoms with Gasteiger partial charge in [-0.3, -0.25) is 0 Å². The fourth-order valence-electron chi connectivity index (χ4n) is 1.95. The van der Waals surface area contributed by atoms with E-state index >= 15 is 0 Å². The molecule has 0 aromatic heterocycles. The zero-order valence-electron chi connectivity index (χ0n) is 12.4. The van der Waals surface area contributed by atoms with Gasteiger partial charge in [-0.05, 0) is 24.7 Å². The molecule has 0 spiro atoms. The molecular formula is C17H19F2NO2. The summed E-state index contributed by atoms with van der Waals surface area (Å²) in [5.74, 6) is -1.35. The van der Waals surface area contributed by atoms with Crippen molar-refractivity contribution in [1.29, 1.82) is 0 Å². The van der Waals surface area contributed by atoms with Crippen molar-refractivity contribution in [2.24, 2.45) is 0 Å². The van der Waals surface area contributed by atoms with Crippen molar-refractivity contribution in [2.75, 3.05) is 26.8 Å². The van der Waals surface area contributed by atoms with Crippen molar-refractivity contribution in [3.05, 3.63) is 65.7 Å². The Kier molecular flexibility index (Phi) is 6.30. The molecule has 0 amide bonds. The number of ether oxygens (including phenoxy) is 2. The molecule has 2 aromatic rings. The molecule has 0 saturated carbocycles. The van der Waals surface area contributed by atoms with Crippen molar-refractivity contribution < 1.29 is 18.3 Å². The number of hydrogen-bond donors (Lipinski definition) is 1. The number of likely N-dealkylation sites (N-methyl/N-ethyl adjacent to an activating group) is 1. The second-order valence-electron chi connectivity index (χ2n) is 4.77. The quantitative estimate of drug-likeness (QED) is 0.759. The first-order valence-electron chi connectivity index (χ1n) is 7.09. The van der Waals surface area contributed by atoms with Crippen molar-refractivity contribution in [2.45, 2.75) is 6.10 Å². The molecule has 0 bridgehead atoms. The third kappa shape index (κ3) is 4.79. The molecule has 2 aromatic carbocycles. The topological polar surface area (TPSA) is 30.5 Å². The van der Waals surface area contributed by atoms with Crippen LogP contribution in [0.1, 0.15) is 11.7 Å². The van der Waals surface area contributed by atoms with Crippen molar-refractivity contribution >= 4 is 0 Å². The molecule has 0 saturated heterocycles. The first-order chi connectivity index (χ1) is 10.7. The second kappa shape index (κ2) is 8.46. The average Bonchev–Trinajstić information content (AvgIpc) is 2.53. The lowest BCUT2D eigenvalue weighted by molar-refractivity contribution is 0.0493.